The fraction of sp³-hybridized carbons (Fsp3) is 0.500. The maximum atomic E-state index is 12.2. The first-order valence-electron chi connectivity index (χ1n) is 8.46. The maximum Gasteiger partial charge on any atom is 0.216 e. The van der Waals surface area contributed by atoms with Gasteiger partial charge in [-0.25, -0.2) is 13.1 Å². The average Bonchev–Trinajstić information content (AvgIpc) is 2.73. The molecule has 1 heterocycles. The van der Waals surface area contributed by atoms with Gasteiger partial charge in [0.25, 0.3) is 0 Å². The van der Waals surface area contributed by atoms with E-state index in [9.17, 15) is 8.42 Å². The Kier molecular flexibility index (Phi) is 6.37. The molecule has 138 valence electrons. The molecule has 2 rings (SSSR count). The van der Waals surface area contributed by atoms with Gasteiger partial charge in [-0.3, -0.25) is 4.68 Å². The molecule has 0 radical (unpaired) electrons. The van der Waals surface area contributed by atoms with Gasteiger partial charge >= 0.3 is 0 Å². The summed E-state index contributed by atoms with van der Waals surface area (Å²) in [5, 5.41) is 7.83. The quantitative estimate of drug-likeness (QED) is 0.753. The number of aryl methyl sites for hydroxylation is 2. The van der Waals surface area contributed by atoms with Crippen LogP contribution in [0, 0.1) is 13.8 Å². The summed E-state index contributed by atoms with van der Waals surface area (Å²) in [4.78, 5) is 0. The first-order chi connectivity index (χ1) is 11.7. The Morgan fingerprint density at radius 3 is 2.32 bits per heavy atom. The van der Waals surface area contributed by atoms with Gasteiger partial charge in [0.2, 0.25) is 10.0 Å². The normalized spacial score (nSPS) is 12.1. The lowest BCUT2D eigenvalue weighted by Crippen LogP contribution is -2.31. The van der Waals surface area contributed by atoms with Crippen LogP contribution in [-0.2, 0) is 35.9 Å². The lowest BCUT2D eigenvalue weighted by atomic mass is 10.1. The Morgan fingerprint density at radius 2 is 1.76 bits per heavy atom. The zero-order valence-electron chi connectivity index (χ0n) is 15.6. The number of sulfonamides is 1. The Balaban J connectivity index is 2.06. The van der Waals surface area contributed by atoms with Crippen molar-refractivity contribution in [2.75, 3.05) is 0 Å². The SMILES string of the molecule is Cc1nn(C)c(C)c1CNCc1ccccc1CS(=O)(=O)NC(C)C. The fourth-order valence-corrected chi connectivity index (χ4v) is 4.36. The number of hydrogen-bond acceptors (Lipinski definition) is 4. The molecule has 7 heteroatoms. The predicted molar refractivity (Wildman–Crippen MR) is 101 cm³/mol. The molecule has 1 aromatic heterocycles. The van der Waals surface area contributed by atoms with Crippen LogP contribution in [0.15, 0.2) is 24.3 Å². The van der Waals surface area contributed by atoms with E-state index in [1.54, 1.807) is 0 Å². The van der Waals surface area contributed by atoms with Crippen LogP contribution in [-0.4, -0.2) is 24.2 Å². The molecule has 0 saturated heterocycles. The first kappa shape index (κ1) is 19.6. The van der Waals surface area contributed by atoms with Crippen LogP contribution in [0.25, 0.3) is 0 Å². The predicted octanol–water partition coefficient (Wildman–Crippen LogP) is 2.15. The van der Waals surface area contributed by atoms with Crippen LogP contribution in [0.3, 0.4) is 0 Å². The molecule has 2 N–H and O–H groups in total. The monoisotopic (exact) mass is 364 g/mol. The summed E-state index contributed by atoms with van der Waals surface area (Å²) < 4.78 is 28.9. The third kappa shape index (κ3) is 5.39. The van der Waals surface area contributed by atoms with Gasteiger partial charge in [0.05, 0.1) is 11.4 Å². The highest BCUT2D eigenvalue weighted by Crippen LogP contribution is 2.14. The number of hydrogen-bond donors (Lipinski definition) is 2. The summed E-state index contributed by atoms with van der Waals surface area (Å²) in [5.74, 6) is -0.00597. The van der Waals surface area contributed by atoms with Gasteiger partial charge in [-0.1, -0.05) is 24.3 Å². The van der Waals surface area contributed by atoms with Gasteiger partial charge in [-0.2, -0.15) is 5.10 Å². The zero-order chi connectivity index (χ0) is 18.6. The molecule has 0 fully saturated rings. The molecular formula is C18H28N4O2S. The van der Waals surface area contributed by atoms with Crippen LogP contribution >= 0.6 is 0 Å². The summed E-state index contributed by atoms with van der Waals surface area (Å²) in [5.41, 5.74) is 5.17. The second-order valence-electron chi connectivity index (χ2n) is 6.68. The van der Waals surface area contributed by atoms with E-state index in [0.29, 0.717) is 13.1 Å². The topological polar surface area (TPSA) is 76.0 Å². The molecule has 0 atom stereocenters. The van der Waals surface area contributed by atoms with Gasteiger partial charge in [0.1, 0.15) is 0 Å². The number of nitrogens with one attached hydrogen (secondary N) is 2. The molecule has 6 nitrogen and oxygen atoms in total. The maximum absolute atomic E-state index is 12.2. The van der Waals surface area contributed by atoms with Crippen molar-refractivity contribution in [3.63, 3.8) is 0 Å². The molecule has 25 heavy (non-hydrogen) atoms. The van der Waals surface area contributed by atoms with Crippen LogP contribution in [0.1, 0.15) is 41.9 Å². The lowest BCUT2D eigenvalue weighted by Gasteiger charge is -2.13. The summed E-state index contributed by atoms with van der Waals surface area (Å²) in [6, 6.07) is 7.54. The molecule has 1 aromatic carbocycles. The van der Waals surface area contributed by atoms with Crippen molar-refractivity contribution < 1.29 is 8.42 Å². The zero-order valence-corrected chi connectivity index (χ0v) is 16.4. The highest BCUT2D eigenvalue weighted by molar-refractivity contribution is 7.88. The van der Waals surface area contributed by atoms with Crippen LogP contribution in [0.2, 0.25) is 0 Å². The second-order valence-corrected chi connectivity index (χ2v) is 8.43. The van der Waals surface area contributed by atoms with E-state index in [1.165, 1.54) is 5.56 Å². The van der Waals surface area contributed by atoms with Crippen molar-refractivity contribution in [2.45, 2.75) is 52.6 Å². The van der Waals surface area contributed by atoms with Crippen molar-refractivity contribution in [2.24, 2.45) is 7.05 Å². The number of nitrogens with zero attached hydrogens (tertiary/aromatic N) is 2. The molecule has 0 aliphatic heterocycles. The van der Waals surface area contributed by atoms with Gasteiger partial charge in [0, 0.05) is 37.4 Å². The molecule has 2 aromatic rings. The highest BCUT2D eigenvalue weighted by Gasteiger charge is 2.15. The Morgan fingerprint density at radius 1 is 1.12 bits per heavy atom. The van der Waals surface area contributed by atoms with Gasteiger partial charge in [-0.05, 0) is 38.8 Å². The van der Waals surface area contributed by atoms with Crippen molar-refractivity contribution in [1.29, 1.82) is 0 Å². The summed E-state index contributed by atoms with van der Waals surface area (Å²) >= 11 is 0. The minimum Gasteiger partial charge on any atom is -0.308 e. The van der Waals surface area contributed by atoms with E-state index in [0.717, 1.165) is 22.5 Å². The summed E-state index contributed by atoms with van der Waals surface area (Å²) in [6.07, 6.45) is 0. The summed E-state index contributed by atoms with van der Waals surface area (Å²) in [6.45, 7) is 9.02. The molecule has 0 amide bonds. The standard InChI is InChI=1S/C18H28N4O2S/c1-13(2)21-25(23,24)12-17-9-7-6-8-16(17)10-19-11-18-14(3)20-22(5)15(18)4/h6-9,13,19,21H,10-12H2,1-5H3. The van der Waals surface area contributed by atoms with Gasteiger partial charge < -0.3 is 5.32 Å². The van der Waals surface area contributed by atoms with Crippen molar-refractivity contribution in [1.82, 2.24) is 19.8 Å². The third-order valence-electron chi connectivity index (χ3n) is 4.16. The Hall–Kier alpha value is -1.70. The molecule has 0 saturated carbocycles. The van der Waals surface area contributed by atoms with Crippen LogP contribution in [0.4, 0.5) is 0 Å². The Bertz CT molecular complexity index is 826. The second kappa shape index (κ2) is 8.12. The molecule has 0 aliphatic rings. The van der Waals surface area contributed by atoms with E-state index < -0.39 is 10.0 Å². The largest absolute Gasteiger partial charge is 0.308 e. The van der Waals surface area contributed by atoms with E-state index >= 15 is 0 Å². The molecular weight excluding hydrogens is 336 g/mol. The van der Waals surface area contributed by atoms with E-state index in [1.807, 2.05) is 56.8 Å². The Labute approximate surface area is 150 Å². The van der Waals surface area contributed by atoms with Crippen molar-refractivity contribution >= 4 is 10.0 Å². The molecule has 0 unspecified atom stereocenters. The van der Waals surface area contributed by atoms with Crippen molar-refractivity contribution in [3.05, 3.63) is 52.3 Å². The molecule has 0 bridgehead atoms. The van der Waals surface area contributed by atoms with Crippen molar-refractivity contribution in [3.8, 4) is 0 Å². The minimum absolute atomic E-state index is 0.00597. The van der Waals surface area contributed by atoms with E-state index in [4.69, 9.17) is 0 Å². The van der Waals surface area contributed by atoms with Crippen LogP contribution in [0.5, 0.6) is 0 Å². The number of benzene rings is 1. The average molecular weight is 365 g/mol. The van der Waals surface area contributed by atoms with E-state index in [2.05, 4.69) is 22.1 Å². The van der Waals surface area contributed by atoms with Gasteiger partial charge in [-0.15, -0.1) is 0 Å². The fourth-order valence-electron chi connectivity index (χ4n) is 2.87. The molecule has 0 aliphatic carbocycles. The number of rotatable bonds is 8. The smallest absolute Gasteiger partial charge is 0.216 e. The van der Waals surface area contributed by atoms with Gasteiger partial charge in [0.15, 0.2) is 0 Å². The van der Waals surface area contributed by atoms with E-state index in [-0.39, 0.29) is 11.8 Å². The van der Waals surface area contributed by atoms with Crippen LogP contribution < -0.4 is 10.0 Å². The lowest BCUT2D eigenvalue weighted by molar-refractivity contribution is 0.568. The minimum atomic E-state index is -3.33. The summed E-state index contributed by atoms with van der Waals surface area (Å²) in [7, 11) is -1.40. The first-order valence-corrected chi connectivity index (χ1v) is 10.1. The highest BCUT2D eigenvalue weighted by atomic mass is 32.2. The number of aromatic nitrogens is 2. The third-order valence-corrected chi connectivity index (χ3v) is 5.68. The molecule has 0 spiro atoms.